The largest absolute Gasteiger partial charge is 0.496 e. The first-order valence-electron chi connectivity index (χ1n) is 5.92. The molecule has 0 fully saturated rings. The maximum Gasteiger partial charge on any atom is 0.346 e. The van der Waals surface area contributed by atoms with Crippen molar-refractivity contribution in [2.75, 3.05) is 27.4 Å². The molecule has 1 rings (SSSR count). The number of carbonyl (C=O) groups is 3. The standard InChI is InChI=1S/C13H16N2O6/c1-19-8-4-3-5-9(20-2)12(8)13(18)21-7-11(17)15-6-10(14)16/h3-5H,6-7H2,1-2H3,(H2,14,16)(H,15,17). The summed E-state index contributed by atoms with van der Waals surface area (Å²) in [7, 11) is 2.79. The van der Waals surface area contributed by atoms with Gasteiger partial charge in [0.2, 0.25) is 5.91 Å². The van der Waals surface area contributed by atoms with Crippen molar-refractivity contribution in [1.82, 2.24) is 5.32 Å². The summed E-state index contributed by atoms with van der Waals surface area (Å²) in [5.41, 5.74) is 4.94. The lowest BCUT2D eigenvalue weighted by Gasteiger charge is -2.12. The third-order valence-electron chi connectivity index (χ3n) is 2.43. The van der Waals surface area contributed by atoms with E-state index in [1.165, 1.54) is 14.2 Å². The van der Waals surface area contributed by atoms with Gasteiger partial charge >= 0.3 is 5.97 Å². The van der Waals surface area contributed by atoms with Crippen LogP contribution in [0.4, 0.5) is 0 Å². The monoisotopic (exact) mass is 296 g/mol. The van der Waals surface area contributed by atoms with Crippen LogP contribution in [0.3, 0.4) is 0 Å². The number of esters is 1. The van der Waals surface area contributed by atoms with Gasteiger partial charge in [0.25, 0.3) is 5.91 Å². The molecule has 2 amide bonds. The smallest absolute Gasteiger partial charge is 0.346 e. The van der Waals surface area contributed by atoms with Crippen LogP contribution in [0.25, 0.3) is 0 Å². The number of primary amides is 1. The number of ether oxygens (including phenoxy) is 3. The number of benzene rings is 1. The number of amides is 2. The van der Waals surface area contributed by atoms with E-state index in [1.807, 2.05) is 0 Å². The Labute approximate surface area is 121 Å². The average Bonchev–Trinajstić information content (AvgIpc) is 2.49. The topological polar surface area (TPSA) is 117 Å². The lowest BCUT2D eigenvalue weighted by atomic mass is 10.2. The Morgan fingerprint density at radius 3 is 2.19 bits per heavy atom. The molecule has 0 radical (unpaired) electrons. The van der Waals surface area contributed by atoms with Crippen molar-refractivity contribution in [1.29, 1.82) is 0 Å². The molecule has 3 N–H and O–H groups in total. The Kier molecular flexibility index (Phi) is 5.99. The molecule has 0 aliphatic heterocycles. The van der Waals surface area contributed by atoms with Gasteiger partial charge in [-0.1, -0.05) is 6.07 Å². The van der Waals surface area contributed by atoms with Gasteiger partial charge in [0.15, 0.2) is 6.61 Å². The molecule has 0 spiro atoms. The highest BCUT2D eigenvalue weighted by atomic mass is 16.5. The van der Waals surface area contributed by atoms with Crippen molar-refractivity contribution < 1.29 is 28.6 Å². The van der Waals surface area contributed by atoms with Crippen molar-refractivity contribution in [3.63, 3.8) is 0 Å². The van der Waals surface area contributed by atoms with Gasteiger partial charge in [-0.15, -0.1) is 0 Å². The Bertz CT molecular complexity index is 521. The lowest BCUT2D eigenvalue weighted by molar-refractivity contribution is -0.127. The molecule has 0 atom stereocenters. The molecule has 8 nitrogen and oxygen atoms in total. The zero-order valence-corrected chi connectivity index (χ0v) is 11.7. The molecule has 0 bridgehead atoms. The molecule has 0 aliphatic rings. The second kappa shape index (κ2) is 7.73. The van der Waals surface area contributed by atoms with Gasteiger partial charge in [0.1, 0.15) is 17.1 Å². The highest BCUT2D eigenvalue weighted by Crippen LogP contribution is 2.28. The molecule has 1 aromatic rings. The zero-order chi connectivity index (χ0) is 15.8. The fourth-order valence-electron chi connectivity index (χ4n) is 1.49. The lowest BCUT2D eigenvalue weighted by Crippen LogP contribution is -2.36. The molecule has 21 heavy (non-hydrogen) atoms. The van der Waals surface area contributed by atoms with Crippen LogP contribution in [-0.4, -0.2) is 45.2 Å². The number of nitrogens with two attached hydrogens (primary N) is 1. The van der Waals surface area contributed by atoms with Crippen molar-refractivity contribution in [3.05, 3.63) is 23.8 Å². The van der Waals surface area contributed by atoms with Crippen molar-refractivity contribution in [2.24, 2.45) is 5.73 Å². The van der Waals surface area contributed by atoms with Gasteiger partial charge in [-0.05, 0) is 12.1 Å². The van der Waals surface area contributed by atoms with Crippen LogP contribution in [-0.2, 0) is 14.3 Å². The molecular formula is C13H16N2O6. The molecule has 0 heterocycles. The van der Waals surface area contributed by atoms with E-state index in [9.17, 15) is 14.4 Å². The van der Waals surface area contributed by atoms with E-state index < -0.39 is 24.4 Å². The molecule has 114 valence electrons. The van der Waals surface area contributed by atoms with E-state index in [0.29, 0.717) is 0 Å². The first-order chi connectivity index (χ1) is 9.99. The normalized spacial score (nSPS) is 9.62. The van der Waals surface area contributed by atoms with Crippen molar-refractivity contribution in [2.45, 2.75) is 0 Å². The predicted molar refractivity (Wildman–Crippen MR) is 72.0 cm³/mol. The van der Waals surface area contributed by atoms with Crippen LogP contribution in [0.5, 0.6) is 11.5 Å². The summed E-state index contributed by atoms with van der Waals surface area (Å²) in [6.45, 7) is -0.873. The first kappa shape index (κ1) is 16.3. The van der Waals surface area contributed by atoms with Gasteiger partial charge in [0, 0.05) is 0 Å². The summed E-state index contributed by atoms with van der Waals surface area (Å²) in [5, 5.41) is 2.19. The van der Waals surface area contributed by atoms with E-state index >= 15 is 0 Å². The Morgan fingerprint density at radius 1 is 1.14 bits per heavy atom. The number of methoxy groups -OCH3 is 2. The number of carbonyl (C=O) groups excluding carboxylic acids is 3. The Balaban J connectivity index is 2.72. The third kappa shape index (κ3) is 4.68. The minimum atomic E-state index is -0.779. The molecule has 0 saturated carbocycles. The quantitative estimate of drug-likeness (QED) is 0.653. The fraction of sp³-hybridized carbons (Fsp3) is 0.308. The highest BCUT2D eigenvalue weighted by Gasteiger charge is 2.20. The summed E-state index contributed by atoms with van der Waals surface area (Å²) < 4.78 is 14.9. The second-order valence-corrected chi connectivity index (χ2v) is 3.86. The maximum atomic E-state index is 12.0. The van der Waals surface area contributed by atoms with Crippen molar-refractivity contribution >= 4 is 17.8 Å². The van der Waals surface area contributed by atoms with Crippen molar-refractivity contribution in [3.8, 4) is 11.5 Å². The molecule has 0 aliphatic carbocycles. The van der Waals surface area contributed by atoms with Gasteiger partial charge in [0.05, 0.1) is 20.8 Å². The van der Waals surface area contributed by atoms with E-state index in [1.54, 1.807) is 18.2 Å². The number of hydrogen-bond acceptors (Lipinski definition) is 6. The van der Waals surface area contributed by atoms with Gasteiger partial charge in [-0.3, -0.25) is 9.59 Å². The summed E-state index contributed by atoms with van der Waals surface area (Å²) in [6.07, 6.45) is 0. The third-order valence-corrected chi connectivity index (χ3v) is 2.43. The zero-order valence-electron chi connectivity index (χ0n) is 11.7. The van der Waals surface area contributed by atoms with E-state index in [2.05, 4.69) is 5.32 Å². The summed E-state index contributed by atoms with van der Waals surface area (Å²) in [5.74, 6) is -1.59. The number of rotatable bonds is 7. The molecule has 8 heteroatoms. The van der Waals surface area contributed by atoms with E-state index in [0.717, 1.165) is 0 Å². The maximum absolute atomic E-state index is 12.0. The van der Waals surface area contributed by atoms with E-state index in [4.69, 9.17) is 19.9 Å². The average molecular weight is 296 g/mol. The molecular weight excluding hydrogens is 280 g/mol. The first-order valence-corrected chi connectivity index (χ1v) is 5.92. The molecule has 0 aromatic heterocycles. The van der Waals surface area contributed by atoms with Crippen LogP contribution in [0.15, 0.2) is 18.2 Å². The SMILES string of the molecule is COc1cccc(OC)c1C(=O)OCC(=O)NCC(N)=O. The van der Waals surface area contributed by atoms with Crippen LogP contribution in [0, 0.1) is 0 Å². The Hall–Kier alpha value is -2.77. The van der Waals surface area contributed by atoms with Crippen LogP contribution in [0.1, 0.15) is 10.4 Å². The van der Waals surface area contributed by atoms with Gasteiger partial charge in [-0.2, -0.15) is 0 Å². The van der Waals surface area contributed by atoms with Gasteiger partial charge in [-0.25, -0.2) is 4.79 Å². The minimum Gasteiger partial charge on any atom is -0.496 e. The summed E-state index contributed by atoms with van der Waals surface area (Å²) in [6, 6.07) is 4.77. The number of nitrogens with one attached hydrogen (secondary N) is 1. The van der Waals surface area contributed by atoms with E-state index in [-0.39, 0.29) is 23.6 Å². The Morgan fingerprint density at radius 2 is 1.71 bits per heavy atom. The number of hydrogen-bond donors (Lipinski definition) is 2. The van der Waals surface area contributed by atoms with Crippen LogP contribution < -0.4 is 20.5 Å². The van der Waals surface area contributed by atoms with Crippen LogP contribution >= 0.6 is 0 Å². The summed E-state index contributed by atoms with van der Waals surface area (Å²) in [4.78, 5) is 33.8. The predicted octanol–water partition coefficient (Wildman–Crippen LogP) is -0.538. The molecule has 1 aromatic carbocycles. The second-order valence-electron chi connectivity index (χ2n) is 3.86. The fourth-order valence-corrected chi connectivity index (χ4v) is 1.49. The summed E-state index contributed by atoms with van der Waals surface area (Å²) >= 11 is 0. The van der Waals surface area contributed by atoms with Crippen LogP contribution in [0.2, 0.25) is 0 Å². The molecule has 0 saturated heterocycles. The highest BCUT2D eigenvalue weighted by molar-refractivity contribution is 5.97. The minimum absolute atomic E-state index is 0.0743. The molecule has 0 unspecified atom stereocenters. The van der Waals surface area contributed by atoms with Gasteiger partial charge < -0.3 is 25.3 Å².